The van der Waals surface area contributed by atoms with E-state index in [-0.39, 0.29) is 0 Å². The van der Waals surface area contributed by atoms with E-state index in [1.54, 1.807) is 11.8 Å². The predicted molar refractivity (Wildman–Crippen MR) is 60.5 cm³/mol. The quantitative estimate of drug-likeness (QED) is 0.746. The number of carbonyl (C=O) groups is 1. The molecule has 0 aromatic rings. The minimum Gasteiger partial charge on any atom is -0.480 e. The van der Waals surface area contributed by atoms with Crippen LogP contribution in [0.2, 0.25) is 0 Å². The summed E-state index contributed by atoms with van der Waals surface area (Å²) in [6.45, 7) is 5.73. The van der Waals surface area contributed by atoms with E-state index >= 15 is 0 Å². The zero-order valence-electron chi connectivity index (χ0n) is 8.08. The zero-order chi connectivity index (χ0) is 10.6. The fraction of sp³-hybridized carbons (Fsp3) is 0.875. The molecule has 0 bridgehead atoms. The first-order chi connectivity index (χ1) is 5.77. The SMILES string of the molecule is CC(Br)CSC(C)(C)[C@H](N)C(=O)O. The number of hydrogen-bond acceptors (Lipinski definition) is 3. The van der Waals surface area contributed by atoms with Crippen molar-refractivity contribution in [3.63, 3.8) is 0 Å². The molecular weight excluding hydrogens is 254 g/mol. The predicted octanol–water partition coefficient (Wildman–Crippen LogP) is 1.69. The van der Waals surface area contributed by atoms with Crippen molar-refractivity contribution < 1.29 is 9.90 Å². The third-order valence-electron chi connectivity index (χ3n) is 1.70. The molecule has 1 unspecified atom stereocenters. The second-order valence-electron chi connectivity index (χ2n) is 3.51. The topological polar surface area (TPSA) is 63.3 Å². The molecule has 0 saturated carbocycles. The summed E-state index contributed by atoms with van der Waals surface area (Å²) in [5.41, 5.74) is 5.54. The number of hydrogen-bond donors (Lipinski definition) is 2. The first-order valence-electron chi connectivity index (χ1n) is 4.04. The van der Waals surface area contributed by atoms with E-state index in [2.05, 4.69) is 15.9 Å². The molecule has 3 nitrogen and oxygen atoms in total. The number of halogens is 1. The third kappa shape index (κ3) is 4.88. The molecule has 0 heterocycles. The van der Waals surface area contributed by atoms with Gasteiger partial charge in [-0.25, -0.2) is 0 Å². The van der Waals surface area contributed by atoms with Gasteiger partial charge in [-0.1, -0.05) is 22.9 Å². The van der Waals surface area contributed by atoms with Gasteiger partial charge in [-0.2, -0.15) is 11.8 Å². The Morgan fingerprint density at radius 1 is 1.69 bits per heavy atom. The van der Waals surface area contributed by atoms with Gasteiger partial charge < -0.3 is 10.8 Å². The summed E-state index contributed by atoms with van der Waals surface area (Å²) < 4.78 is -0.423. The molecule has 0 saturated heterocycles. The molecule has 0 aliphatic rings. The van der Waals surface area contributed by atoms with Crippen LogP contribution in [0, 0.1) is 0 Å². The first-order valence-corrected chi connectivity index (χ1v) is 5.94. The maximum atomic E-state index is 10.6. The Kier molecular flexibility index (Phi) is 5.32. The van der Waals surface area contributed by atoms with Gasteiger partial charge in [0.05, 0.1) is 0 Å². The minimum atomic E-state index is -0.945. The molecule has 0 aromatic carbocycles. The maximum absolute atomic E-state index is 10.6. The Hall–Kier alpha value is 0.260. The number of carboxylic acid groups (broad SMARTS) is 1. The van der Waals surface area contributed by atoms with Crippen LogP contribution < -0.4 is 5.73 Å². The standard InChI is InChI=1S/C8H16BrNO2S/c1-5(9)4-13-8(2,3)6(10)7(11)12/h5-6H,4,10H2,1-3H3,(H,11,12)/t5?,6-/m1/s1. The highest BCUT2D eigenvalue weighted by Crippen LogP contribution is 2.29. The summed E-state index contributed by atoms with van der Waals surface area (Å²) in [5.74, 6) is -0.0896. The number of thioether (sulfide) groups is 1. The zero-order valence-corrected chi connectivity index (χ0v) is 10.5. The molecule has 0 aromatic heterocycles. The van der Waals surface area contributed by atoms with E-state index in [9.17, 15) is 4.79 Å². The van der Waals surface area contributed by atoms with Crippen molar-refractivity contribution in [2.75, 3.05) is 5.75 Å². The molecule has 5 heteroatoms. The third-order valence-corrected chi connectivity index (χ3v) is 4.12. The van der Waals surface area contributed by atoms with Crippen molar-refractivity contribution in [3.8, 4) is 0 Å². The molecule has 2 atom stereocenters. The lowest BCUT2D eigenvalue weighted by atomic mass is 10.1. The van der Waals surface area contributed by atoms with Crippen molar-refractivity contribution in [2.24, 2.45) is 5.73 Å². The van der Waals surface area contributed by atoms with Gasteiger partial charge in [-0.15, -0.1) is 0 Å². The van der Waals surface area contributed by atoms with Gasteiger partial charge in [0.25, 0.3) is 0 Å². The number of nitrogens with two attached hydrogens (primary N) is 1. The van der Waals surface area contributed by atoms with Crippen LogP contribution in [-0.4, -0.2) is 32.4 Å². The van der Waals surface area contributed by atoms with Gasteiger partial charge in [0.1, 0.15) is 6.04 Å². The summed E-state index contributed by atoms with van der Waals surface area (Å²) in [7, 11) is 0. The van der Waals surface area contributed by atoms with Crippen molar-refractivity contribution in [1.82, 2.24) is 0 Å². The van der Waals surface area contributed by atoms with E-state index < -0.39 is 16.8 Å². The average molecular weight is 270 g/mol. The largest absolute Gasteiger partial charge is 0.480 e. The Labute approximate surface area is 91.6 Å². The summed E-state index contributed by atoms with van der Waals surface area (Å²) in [4.78, 5) is 11.0. The van der Waals surface area contributed by atoms with Gasteiger partial charge in [0.2, 0.25) is 0 Å². The maximum Gasteiger partial charge on any atom is 0.321 e. The van der Waals surface area contributed by atoms with Gasteiger partial charge >= 0.3 is 5.97 Å². The monoisotopic (exact) mass is 269 g/mol. The highest BCUT2D eigenvalue weighted by molar-refractivity contribution is 9.09. The first kappa shape index (κ1) is 13.3. The van der Waals surface area contributed by atoms with Crippen LogP contribution in [0.15, 0.2) is 0 Å². The van der Waals surface area contributed by atoms with Crippen LogP contribution in [-0.2, 0) is 4.79 Å². The Balaban J connectivity index is 4.13. The molecule has 3 N–H and O–H groups in total. The Morgan fingerprint density at radius 3 is 2.46 bits per heavy atom. The highest BCUT2D eigenvalue weighted by atomic mass is 79.9. The van der Waals surface area contributed by atoms with Crippen molar-refractivity contribution in [2.45, 2.75) is 36.4 Å². The summed E-state index contributed by atoms with van der Waals surface area (Å²) >= 11 is 4.97. The smallest absolute Gasteiger partial charge is 0.321 e. The molecule has 0 radical (unpaired) electrons. The van der Waals surface area contributed by atoms with E-state index in [4.69, 9.17) is 10.8 Å². The lowest BCUT2D eigenvalue weighted by Crippen LogP contribution is -2.47. The molecule has 0 aliphatic carbocycles. The van der Waals surface area contributed by atoms with E-state index in [0.717, 1.165) is 5.75 Å². The van der Waals surface area contributed by atoms with Gasteiger partial charge in [0.15, 0.2) is 0 Å². The molecule has 13 heavy (non-hydrogen) atoms. The van der Waals surface area contributed by atoms with Gasteiger partial charge in [-0.05, 0) is 13.8 Å². The number of rotatable bonds is 5. The lowest BCUT2D eigenvalue weighted by Gasteiger charge is -2.28. The molecular formula is C8H16BrNO2S. The van der Waals surface area contributed by atoms with Crippen LogP contribution >= 0.6 is 27.7 Å². The normalized spacial score (nSPS) is 16.7. The van der Waals surface area contributed by atoms with E-state index in [0.29, 0.717) is 4.83 Å². The molecule has 78 valence electrons. The second-order valence-corrected chi connectivity index (χ2v) is 6.75. The van der Waals surface area contributed by atoms with Crippen LogP contribution in [0.25, 0.3) is 0 Å². The second kappa shape index (κ2) is 5.22. The van der Waals surface area contributed by atoms with Gasteiger partial charge in [-0.3, -0.25) is 4.79 Å². The average Bonchev–Trinajstić information content (AvgIpc) is 1.99. The summed E-state index contributed by atoms with van der Waals surface area (Å²) in [6.07, 6.45) is 0. The van der Waals surface area contributed by atoms with Crippen LogP contribution in [0.4, 0.5) is 0 Å². The minimum absolute atomic E-state index is 0.373. The number of alkyl halides is 1. The summed E-state index contributed by atoms with van der Waals surface area (Å²) in [6, 6.07) is -0.816. The molecule has 0 spiro atoms. The summed E-state index contributed by atoms with van der Waals surface area (Å²) in [5, 5.41) is 8.73. The Bertz CT molecular complexity index is 185. The Morgan fingerprint density at radius 2 is 2.15 bits per heavy atom. The highest BCUT2D eigenvalue weighted by Gasteiger charge is 2.32. The molecule has 0 aliphatic heterocycles. The number of aliphatic carboxylic acids is 1. The van der Waals surface area contributed by atoms with Crippen LogP contribution in [0.3, 0.4) is 0 Å². The van der Waals surface area contributed by atoms with Gasteiger partial charge in [0, 0.05) is 15.3 Å². The lowest BCUT2D eigenvalue weighted by molar-refractivity contribution is -0.139. The van der Waals surface area contributed by atoms with Crippen molar-refractivity contribution >= 4 is 33.7 Å². The molecule has 0 rings (SSSR count). The fourth-order valence-electron chi connectivity index (χ4n) is 0.717. The molecule has 0 fully saturated rings. The van der Waals surface area contributed by atoms with Crippen LogP contribution in [0.1, 0.15) is 20.8 Å². The molecule has 0 amide bonds. The van der Waals surface area contributed by atoms with E-state index in [1.807, 2.05) is 20.8 Å². The van der Waals surface area contributed by atoms with E-state index in [1.165, 1.54) is 0 Å². The van der Waals surface area contributed by atoms with Crippen molar-refractivity contribution in [3.05, 3.63) is 0 Å². The van der Waals surface area contributed by atoms with Crippen molar-refractivity contribution in [1.29, 1.82) is 0 Å². The van der Waals surface area contributed by atoms with Crippen LogP contribution in [0.5, 0.6) is 0 Å². The fourth-order valence-corrected chi connectivity index (χ4v) is 2.05. The number of carboxylic acids is 1.